The molecule has 1 unspecified atom stereocenters. The Bertz CT molecular complexity index is 569. The molecule has 0 fully saturated rings. The molecule has 0 aliphatic carbocycles. The maximum absolute atomic E-state index is 12.7. The second-order valence-electron chi connectivity index (χ2n) is 4.32. The smallest absolute Gasteiger partial charge is 0.384 e. The van der Waals surface area contributed by atoms with E-state index in [1.165, 1.54) is 11.3 Å². The minimum atomic E-state index is -4.44. The van der Waals surface area contributed by atoms with Crippen LogP contribution in [-0.2, 0) is 6.18 Å². The Morgan fingerprint density at radius 3 is 2.75 bits per heavy atom. The number of nitrogens with zero attached hydrogens (tertiary/aromatic N) is 2. The molecule has 0 spiro atoms. The fraction of sp³-hybridized carbons (Fsp3) is 0.333. The van der Waals surface area contributed by atoms with Gasteiger partial charge in [0.2, 0.25) is 0 Å². The number of hydrogen-bond acceptors (Lipinski definition) is 5. The zero-order valence-electron chi connectivity index (χ0n) is 10.6. The summed E-state index contributed by atoms with van der Waals surface area (Å²) in [4.78, 5) is 8.01. The van der Waals surface area contributed by atoms with Gasteiger partial charge in [-0.15, -0.1) is 11.3 Å². The number of anilines is 2. The Hall–Kier alpha value is -1.83. The van der Waals surface area contributed by atoms with Gasteiger partial charge in [0.15, 0.2) is 0 Å². The number of nitrogens with one attached hydrogen (secondary N) is 1. The molecule has 2 aromatic heterocycles. The highest BCUT2D eigenvalue weighted by Gasteiger charge is 2.31. The molecule has 2 heterocycles. The lowest BCUT2D eigenvalue weighted by molar-refractivity contribution is -0.137. The molecular formula is C12H13F3N4S. The lowest BCUT2D eigenvalue weighted by Gasteiger charge is -2.13. The first kappa shape index (κ1) is 14.6. The van der Waals surface area contributed by atoms with Gasteiger partial charge in [-0.2, -0.15) is 13.2 Å². The number of hydrogen-bond donors (Lipinski definition) is 2. The first-order valence-corrected chi connectivity index (χ1v) is 6.72. The summed E-state index contributed by atoms with van der Waals surface area (Å²) >= 11 is 1.50. The lowest BCUT2D eigenvalue weighted by Crippen LogP contribution is -2.13. The standard InChI is InChI=1S/C12H13F3N4S/c1-7(11-17-2-3-20-11)6-18-10-5-8(12(13,14)15)4-9(16)19-10/h2-5,7H,6H2,1H3,(H3,16,18,19). The molecule has 0 bridgehead atoms. The predicted molar refractivity (Wildman–Crippen MR) is 72.7 cm³/mol. The number of nitrogen functional groups attached to an aromatic ring is 1. The molecule has 20 heavy (non-hydrogen) atoms. The summed E-state index contributed by atoms with van der Waals surface area (Å²) in [5.41, 5.74) is 4.58. The number of rotatable bonds is 4. The van der Waals surface area contributed by atoms with Crippen molar-refractivity contribution in [3.63, 3.8) is 0 Å². The maximum atomic E-state index is 12.7. The van der Waals surface area contributed by atoms with Crippen molar-refractivity contribution in [3.8, 4) is 0 Å². The van der Waals surface area contributed by atoms with Gasteiger partial charge in [0.1, 0.15) is 11.6 Å². The van der Waals surface area contributed by atoms with Crippen LogP contribution in [0.5, 0.6) is 0 Å². The Labute approximate surface area is 117 Å². The summed E-state index contributed by atoms with van der Waals surface area (Å²) in [6.45, 7) is 2.37. The highest BCUT2D eigenvalue weighted by molar-refractivity contribution is 7.09. The van der Waals surface area contributed by atoms with Gasteiger partial charge in [-0.3, -0.25) is 0 Å². The van der Waals surface area contributed by atoms with Crippen LogP contribution >= 0.6 is 11.3 Å². The number of aromatic nitrogens is 2. The van der Waals surface area contributed by atoms with E-state index in [1.807, 2.05) is 12.3 Å². The second kappa shape index (κ2) is 5.66. The predicted octanol–water partition coefficient (Wildman–Crippen LogP) is 3.35. The molecule has 0 saturated heterocycles. The number of halogens is 3. The van der Waals surface area contributed by atoms with Crippen LogP contribution in [0.3, 0.4) is 0 Å². The van der Waals surface area contributed by atoms with Crippen molar-refractivity contribution in [2.24, 2.45) is 0 Å². The molecule has 3 N–H and O–H groups in total. The molecule has 0 aliphatic rings. The molecule has 0 aromatic carbocycles. The molecule has 2 rings (SSSR count). The molecule has 0 saturated carbocycles. The van der Waals surface area contributed by atoms with E-state index < -0.39 is 11.7 Å². The van der Waals surface area contributed by atoms with E-state index in [2.05, 4.69) is 15.3 Å². The monoisotopic (exact) mass is 302 g/mol. The van der Waals surface area contributed by atoms with E-state index in [1.54, 1.807) is 6.20 Å². The van der Waals surface area contributed by atoms with Gasteiger partial charge in [-0.1, -0.05) is 6.92 Å². The zero-order valence-corrected chi connectivity index (χ0v) is 11.4. The van der Waals surface area contributed by atoms with Crippen molar-refractivity contribution in [2.75, 3.05) is 17.6 Å². The Morgan fingerprint density at radius 2 is 2.15 bits per heavy atom. The van der Waals surface area contributed by atoms with Gasteiger partial charge in [0.25, 0.3) is 0 Å². The highest BCUT2D eigenvalue weighted by atomic mass is 32.1. The largest absolute Gasteiger partial charge is 0.416 e. The Kier molecular flexibility index (Phi) is 4.12. The van der Waals surface area contributed by atoms with Crippen molar-refractivity contribution < 1.29 is 13.2 Å². The van der Waals surface area contributed by atoms with Gasteiger partial charge in [0.05, 0.1) is 10.6 Å². The van der Waals surface area contributed by atoms with E-state index in [9.17, 15) is 13.2 Å². The van der Waals surface area contributed by atoms with Crippen LogP contribution in [0.4, 0.5) is 24.8 Å². The van der Waals surface area contributed by atoms with E-state index in [0.29, 0.717) is 6.54 Å². The number of pyridine rings is 1. The van der Waals surface area contributed by atoms with Crippen molar-refractivity contribution >= 4 is 23.0 Å². The quantitative estimate of drug-likeness (QED) is 0.909. The molecule has 2 aromatic rings. The van der Waals surface area contributed by atoms with E-state index in [0.717, 1.165) is 17.1 Å². The first-order chi connectivity index (χ1) is 9.36. The average Bonchev–Trinajstić information content (AvgIpc) is 2.88. The molecule has 1 atom stereocenters. The van der Waals surface area contributed by atoms with E-state index in [-0.39, 0.29) is 17.6 Å². The maximum Gasteiger partial charge on any atom is 0.416 e. The summed E-state index contributed by atoms with van der Waals surface area (Å²) in [5, 5.41) is 5.63. The van der Waals surface area contributed by atoms with E-state index in [4.69, 9.17) is 5.73 Å². The minimum Gasteiger partial charge on any atom is -0.384 e. The third-order valence-electron chi connectivity index (χ3n) is 2.63. The van der Waals surface area contributed by atoms with Gasteiger partial charge in [-0.05, 0) is 12.1 Å². The Morgan fingerprint density at radius 1 is 1.40 bits per heavy atom. The summed E-state index contributed by atoms with van der Waals surface area (Å²) < 4.78 is 38.0. The molecule has 108 valence electrons. The van der Waals surface area contributed by atoms with Gasteiger partial charge < -0.3 is 11.1 Å². The van der Waals surface area contributed by atoms with Crippen molar-refractivity contribution in [1.82, 2.24) is 9.97 Å². The number of alkyl halides is 3. The van der Waals surface area contributed by atoms with Crippen LogP contribution in [0.25, 0.3) is 0 Å². The first-order valence-electron chi connectivity index (χ1n) is 5.84. The second-order valence-corrected chi connectivity index (χ2v) is 5.24. The summed E-state index contributed by atoms with van der Waals surface area (Å²) in [6, 6.07) is 1.76. The minimum absolute atomic E-state index is 0.0765. The van der Waals surface area contributed by atoms with Crippen molar-refractivity contribution in [1.29, 1.82) is 0 Å². The van der Waals surface area contributed by atoms with Crippen molar-refractivity contribution in [3.05, 3.63) is 34.3 Å². The van der Waals surface area contributed by atoms with Crippen LogP contribution in [0.2, 0.25) is 0 Å². The normalized spacial score (nSPS) is 13.2. The third kappa shape index (κ3) is 3.60. The van der Waals surface area contributed by atoms with Crippen molar-refractivity contribution in [2.45, 2.75) is 19.0 Å². The molecule has 8 heteroatoms. The summed E-state index contributed by atoms with van der Waals surface area (Å²) in [5.74, 6) is 0.0255. The number of nitrogens with two attached hydrogens (primary N) is 1. The van der Waals surface area contributed by atoms with Crippen LogP contribution in [0.15, 0.2) is 23.7 Å². The lowest BCUT2D eigenvalue weighted by atomic mass is 10.2. The van der Waals surface area contributed by atoms with Crippen LogP contribution in [0.1, 0.15) is 23.4 Å². The fourth-order valence-corrected chi connectivity index (χ4v) is 2.33. The SMILES string of the molecule is CC(CNc1cc(C(F)(F)F)cc(N)n1)c1nccs1. The summed E-state index contributed by atoms with van der Waals surface area (Å²) in [7, 11) is 0. The van der Waals surface area contributed by atoms with Gasteiger partial charge >= 0.3 is 6.18 Å². The van der Waals surface area contributed by atoms with Crippen LogP contribution in [-0.4, -0.2) is 16.5 Å². The summed E-state index contributed by atoms with van der Waals surface area (Å²) in [6.07, 6.45) is -2.74. The van der Waals surface area contributed by atoms with Crippen LogP contribution < -0.4 is 11.1 Å². The van der Waals surface area contributed by atoms with Gasteiger partial charge in [0, 0.05) is 24.0 Å². The van der Waals surface area contributed by atoms with Crippen LogP contribution in [0, 0.1) is 0 Å². The molecule has 0 amide bonds. The topological polar surface area (TPSA) is 63.8 Å². The highest BCUT2D eigenvalue weighted by Crippen LogP contribution is 2.31. The third-order valence-corrected chi connectivity index (χ3v) is 3.64. The fourth-order valence-electron chi connectivity index (χ4n) is 1.63. The van der Waals surface area contributed by atoms with E-state index >= 15 is 0 Å². The number of thiazole rings is 1. The molecule has 0 radical (unpaired) electrons. The average molecular weight is 302 g/mol. The molecule has 4 nitrogen and oxygen atoms in total. The zero-order chi connectivity index (χ0) is 14.8. The molecular weight excluding hydrogens is 289 g/mol. The van der Waals surface area contributed by atoms with Gasteiger partial charge in [-0.25, -0.2) is 9.97 Å². The Balaban J connectivity index is 2.08. The molecule has 0 aliphatic heterocycles.